The van der Waals surface area contributed by atoms with Gasteiger partial charge in [0.15, 0.2) is 0 Å². The molecule has 2 heterocycles. The number of ether oxygens (including phenoxy) is 1. The first-order valence-electron chi connectivity index (χ1n) is 7.21. The summed E-state index contributed by atoms with van der Waals surface area (Å²) in [5, 5.41) is 5.94. The van der Waals surface area contributed by atoms with Crippen molar-refractivity contribution in [2.75, 3.05) is 17.7 Å². The Morgan fingerprint density at radius 1 is 1.21 bits per heavy atom. The zero-order valence-corrected chi connectivity index (χ0v) is 13.9. The Bertz CT molecular complexity index is 914. The lowest BCUT2D eigenvalue weighted by atomic mass is 10.2. The molecule has 6 nitrogen and oxygen atoms in total. The topological polar surface area (TPSA) is 76.1 Å². The minimum atomic E-state index is -0.395. The summed E-state index contributed by atoms with van der Waals surface area (Å²) in [7, 11) is 1.53. The molecule has 3 rings (SSSR count). The maximum absolute atomic E-state index is 12.3. The molecule has 2 amide bonds. The Morgan fingerprint density at radius 2 is 2.04 bits per heavy atom. The number of pyridine rings is 2. The second-order valence-corrected chi connectivity index (χ2v) is 5.52. The Balaban J connectivity index is 1.81. The van der Waals surface area contributed by atoms with E-state index in [0.29, 0.717) is 27.7 Å². The van der Waals surface area contributed by atoms with Gasteiger partial charge in [-0.1, -0.05) is 11.6 Å². The lowest BCUT2D eigenvalue weighted by molar-refractivity contribution is 0.262. The van der Waals surface area contributed by atoms with E-state index in [1.807, 2.05) is 13.0 Å². The fourth-order valence-corrected chi connectivity index (χ4v) is 2.58. The number of aryl methyl sites for hydroxylation is 1. The van der Waals surface area contributed by atoms with Crippen LogP contribution < -0.4 is 15.4 Å². The summed E-state index contributed by atoms with van der Waals surface area (Å²) in [6.45, 7) is 1.86. The van der Waals surface area contributed by atoms with Gasteiger partial charge in [-0.15, -0.1) is 0 Å². The average molecular weight is 343 g/mol. The quantitative estimate of drug-likeness (QED) is 0.746. The van der Waals surface area contributed by atoms with Gasteiger partial charge in [0.1, 0.15) is 11.3 Å². The molecule has 2 aromatic heterocycles. The number of nitrogens with one attached hydrogen (secondary N) is 2. The highest BCUT2D eigenvalue weighted by molar-refractivity contribution is 6.32. The number of hydrogen-bond acceptors (Lipinski definition) is 4. The molecule has 0 aliphatic rings. The summed E-state index contributed by atoms with van der Waals surface area (Å²) in [4.78, 5) is 20.9. The molecule has 3 aromatic rings. The molecule has 7 heteroatoms. The standard InChI is InChI=1S/C17H15ClN4O2/c1-10-8-14(16-13(20-10)4-3-7-19-16)22-17(23)21-11-5-6-15(24-2)12(18)9-11/h3-9H,1-2H3,(H2,20,21,22,23). The molecule has 1 aromatic carbocycles. The van der Waals surface area contributed by atoms with Crippen LogP contribution in [0, 0.1) is 6.92 Å². The van der Waals surface area contributed by atoms with Crippen molar-refractivity contribution in [3.8, 4) is 5.75 Å². The van der Waals surface area contributed by atoms with E-state index in [-0.39, 0.29) is 0 Å². The third kappa shape index (κ3) is 3.38. The Kier molecular flexibility index (Phi) is 4.48. The zero-order chi connectivity index (χ0) is 17.1. The molecule has 0 spiro atoms. The van der Waals surface area contributed by atoms with Gasteiger partial charge in [-0.3, -0.25) is 9.97 Å². The number of carbonyl (C=O) groups excluding carboxylic acids is 1. The van der Waals surface area contributed by atoms with Crippen molar-refractivity contribution in [1.82, 2.24) is 9.97 Å². The van der Waals surface area contributed by atoms with E-state index in [1.54, 1.807) is 36.5 Å². The molecule has 0 bridgehead atoms. The number of amides is 2. The zero-order valence-electron chi connectivity index (χ0n) is 13.1. The number of methoxy groups -OCH3 is 1. The molecule has 122 valence electrons. The van der Waals surface area contributed by atoms with Crippen LogP contribution in [0.3, 0.4) is 0 Å². The molecule has 0 radical (unpaired) electrons. The van der Waals surface area contributed by atoms with Gasteiger partial charge in [0.25, 0.3) is 0 Å². The summed E-state index contributed by atoms with van der Waals surface area (Å²) < 4.78 is 5.09. The van der Waals surface area contributed by atoms with E-state index in [0.717, 1.165) is 11.2 Å². The average Bonchev–Trinajstić information content (AvgIpc) is 2.54. The molecule has 24 heavy (non-hydrogen) atoms. The van der Waals surface area contributed by atoms with E-state index < -0.39 is 6.03 Å². The third-order valence-electron chi connectivity index (χ3n) is 3.35. The summed E-state index contributed by atoms with van der Waals surface area (Å²) in [6, 6.07) is 10.0. The maximum Gasteiger partial charge on any atom is 0.323 e. The van der Waals surface area contributed by atoms with Crippen LogP contribution in [0.1, 0.15) is 5.69 Å². The smallest absolute Gasteiger partial charge is 0.323 e. The molecule has 0 aliphatic heterocycles. The number of rotatable bonds is 3. The Hall–Kier alpha value is -2.86. The van der Waals surface area contributed by atoms with Crippen molar-refractivity contribution in [2.24, 2.45) is 0 Å². The first kappa shape index (κ1) is 16.0. The van der Waals surface area contributed by atoms with Crippen molar-refractivity contribution >= 4 is 40.0 Å². The first-order chi connectivity index (χ1) is 11.6. The molecule has 0 atom stereocenters. The number of fused-ring (bicyclic) bond motifs is 1. The first-order valence-corrected chi connectivity index (χ1v) is 7.58. The molecule has 2 N–H and O–H groups in total. The van der Waals surface area contributed by atoms with Crippen LogP contribution in [0.4, 0.5) is 16.2 Å². The van der Waals surface area contributed by atoms with Gasteiger partial charge >= 0.3 is 6.03 Å². The van der Waals surface area contributed by atoms with Crippen molar-refractivity contribution in [2.45, 2.75) is 6.92 Å². The number of benzene rings is 1. The number of halogens is 1. The number of urea groups is 1. The van der Waals surface area contributed by atoms with Gasteiger partial charge < -0.3 is 15.4 Å². The van der Waals surface area contributed by atoms with E-state index in [1.165, 1.54) is 7.11 Å². The number of hydrogen-bond donors (Lipinski definition) is 2. The van der Waals surface area contributed by atoms with Crippen LogP contribution >= 0.6 is 11.6 Å². The Labute approximate surface area is 143 Å². The van der Waals surface area contributed by atoms with Gasteiger partial charge in [-0.25, -0.2) is 4.79 Å². The van der Waals surface area contributed by atoms with E-state index in [4.69, 9.17) is 16.3 Å². The predicted octanol–water partition coefficient (Wildman–Crippen LogP) is 4.24. The molecule has 0 saturated heterocycles. The number of nitrogens with zero attached hydrogens (tertiary/aromatic N) is 2. The predicted molar refractivity (Wildman–Crippen MR) is 94.9 cm³/mol. The van der Waals surface area contributed by atoms with Crippen molar-refractivity contribution in [1.29, 1.82) is 0 Å². The monoisotopic (exact) mass is 342 g/mol. The third-order valence-corrected chi connectivity index (χ3v) is 3.64. The van der Waals surface area contributed by atoms with Gasteiger partial charge in [0, 0.05) is 17.6 Å². The number of anilines is 2. The van der Waals surface area contributed by atoms with E-state index in [2.05, 4.69) is 20.6 Å². The van der Waals surface area contributed by atoms with Crippen LogP contribution in [-0.2, 0) is 0 Å². The fourth-order valence-electron chi connectivity index (χ4n) is 2.32. The lowest BCUT2D eigenvalue weighted by Gasteiger charge is -2.11. The van der Waals surface area contributed by atoms with Gasteiger partial charge in [0.05, 0.1) is 23.3 Å². The molecular formula is C17H15ClN4O2. The Morgan fingerprint density at radius 3 is 2.79 bits per heavy atom. The van der Waals surface area contributed by atoms with Crippen LogP contribution in [0.5, 0.6) is 5.75 Å². The fraction of sp³-hybridized carbons (Fsp3) is 0.118. The lowest BCUT2D eigenvalue weighted by Crippen LogP contribution is -2.20. The molecule has 0 saturated carbocycles. The SMILES string of the molecule is COc1ccc(NC(=O)Nc2cc(C)nc3cccnc23)cc1Cl. The van der Waals surface area contributed by atoms with Crippen LogP contribution in [0.2, 0.25) is 5.02 Å². The maximum atomic E-state index is 12.3. The van der Waals surface area contributed by atoms with Crippen molar-refractivity contribution in [3.63, 3.8) is 0 Å². The highest BCUT2D eigenvalue weighted by atomic mass is 35.5. The summed E-state index contributed by atoms with van der Waals surface area (Å²) in [5.74, 6) is 0.544. The minimum Gasteiger partial charge on any atom is -0.495 e. The minimum absolute atomic E-state index is 0.395. The number of carbonyl (C=O) groups is 1. The summed E-state index contributed by atoms with van der Waals surface area (Å²) >= 11 is 6.06. The van der Waals surface area contributed by atoms with Crippen molar-refractivity contribution in [3.05, 3.63) is 53.3 Å². The molecule has 0 unspecified atom stereocenters. The van der Waals surface area contributed by atoms with Crippen LogP contribution in [0.25, 0.3) is 11.0 Å². The van der Waals surface area contributed by atoms with E-state index >= 15 is 0 Å². The highest BCUT2D eigenvalue weighted by Gasteiger charge is 2.10. The number of aromatic nitrogens is 2. The van der Waals surface area contributed by atoms with Crippen molar-refractivity contribution < 1.29 is 9.53 Å². The van der Waals surface area contributed by atoms with Gasteiger partial charge in [-0.05, 0) is 43.3 Å². The summed E-state index contributed by atoms with van der Waals surface area (Å²) in [6.07, 6.45) is 1.66. The normalized spacial score (nSPS) is 10.5. The van der Waals surface area contributed by atoms with Gasteiger partial charge in [-0.2, -0.15) is 0 Å². The molecular weight excluding hydrogens is 328 g/mol. The van der Waals surface area contributed by atoms with Crippen LogP contribution in [0.15, 0.2) is 42.6 Å². The second-order valence-electron chi connectivity index (χ2n) is 5.11. The van der Waals surface area contributed by atoms with E-state index in [9.17, 15) is 4.79 Å². The van der Waals surface area contributed by atoms with Gasteiger partial charge in [0.2, 0.25) is 0 Å². The second kappa shape index (κ2) is 6.72. The highest BCUT2D eigenvalue weighted by Crippen LogP contribution is 2.27. The van der Waals surface area contributed by atoms with Crippen LogP contribution in [-0.4, -0.2) is 23.1 Å². The largest absolute Gasteiger partial charge is 0.495 e. The summed E-state index contributed by atoms with van der Waals surface area (Å²) in [5.41, 5.74) is 3.29. The molecule has 0 fully saturated rings. The molecule has 0 aliphatic carbocycles.